The Labute approximate surface area is 196 Å². The standard InChI is InChI=1S/C22H22ClN3O6S/c23-16-6-7-19-14(10-16)9-15(12-31-19)22(28)32-13-21(27)25-17-3-1-4-18(11-17)33(29,30)26-20-5-2-8-24-20/h1,3-4,6-7,10-11,15H,2,5,8-9,12-13H2,(H,24,26)(H,25,27). The lowest BCUT2D eigenvalue weighted by Crippen LogP contribution is -2.32. The summed E-state index contributed by atoms with van der Waals surface area (Å²) in [5, 5.41) is 3.09. The molecule has 9 nitrogen and oxygen atoms in total. The molecule has 1 unspecified atom stereocenters. The Balaban J connectivity index is 1.31. The van der Waals surface area contributed by atoms with Crippen molar-refractivity contribution in [3.05, 3.63) is 53.1 Å². The molecule has 174 valence electrons. The fraction of sp³-hybridized carbons (Fsp3) is 0.318. The first-order valence-electron chi connectivity index (χ1n) is 10.3. The average molecular weight is 492 g/mol. The summed E-state index contributed by atoms with van der Waals surface area (Å²) in [4.78, 5) is 28.7. The van der Waals surface area contributed by atoms with E-state index in [4.69, 9.17) is 21.1 Å². The molecular weight excluding hydrogens is 470 g/mol. The van der Waals surface area contributed by atoms with Crippen molar-refractivity contribution in [2.75, 3.05) is 25.1 Å². The minimum absolute atomic E-state index is 0.0106. The van der Waals surface area contributed by atoms with Crippen molar-refractivity contribution >= 4 is 45.0 Å². The number of hydrogen-bond donors (Lipinski definition) is 2. The lowest BCUT2D eigenvalue weighted by molar-refractivity contribution is -0.152. The monoisotopic (exact) mass is 491 g/mol. The zero-order chi connectivity index (χ0) is 23.4. The molecule has 0 fully saturated rings. The highest BCUT2D eigenvalue weighted by Crippen LogP contribution is 2.30. The SMILES string of the molecule is O=C(COC(=O)C1COc2ccc(Cl)cc2C1)Nc1cccc(S(=O)(=O)NC2=NCCC2)c1. The van der Waals surface area contributed by atoms with Crippen LogP contribution in [0, 0.1) is 5.92 Å². The predicted molar refractivity (Wildman–Crippen MR) is 122 cm³/mol. The van der Waals surface area contributed by atoms with Gasteiger partial charge in [-0.15, -0.1) is 0 Å². The van der Waals surface area contributed by atoms with E-state index in [2.05, 4.69) is 15.0 Å². The molecule has 33 heavy (non-hydrogen) atoms. The van der Waals surface area contributed by atoms with Crippen molar-refractivity contribution in [3.8, 4) is 5.75 Å². The van der Waals surface area contributed by atoms with E-state index < -0.39 is 34.4 Å². The van der Waals surface area contributed by atoms with Crippen LogP contribution in [0.5, 0.6) is 5.75 Å². The van der Waals surface area contributed by atoms with Crippen LogP contribution in [0.1, 0.15) is 18.4 Å². The maximum absolute atomic E-state index is 12.5. The van der Waals surface area contributed by atoms with Gasteiger partial charge in [0.2, 0.25) is 0 Å². The number of carbonyl (C=O) groups is 2. The number of hydrogen-bond acceptors (Lipinski definition) is 7. The van der Waals surface area contributed by atoms with Crippen LogP contribution < -0.4 is 14.8 Å². The van der Waals surface area contributed by atoms with Gasteiger partial charge in [-0.25, -0.2) is 8.42 Å². The molecule has 0 aliphatic carbocycles. The first-order chi connectivity index (χ1) is 15.8. The molecule has 2 aliphatic heterocycles. The summed E-state index contributed by atoms with van der Waals surface area (Å²) < 4.78 is 38.2. The number of ether oxygens (including phenoxy) is 2. The van der Waals surface area contributed by atoms with Crippen molar-refractivity contribution in [3.63, 3.8) is 0 Å². The van der Waals surface area contributed by atoms with E-state index in [9.17, 15) is 18.0 Å². The molecule has 2 N–H and O–H groups in total. The molecule has 11 heteroatoms. The average Bonchev–Trinajstić information content (AvgIpc) is 3.29. The molecule has 0 bridgehead atoms. The normalized spacial score (nSPS) is 17.4. The van der Waals surface area contributed by atoms with Gasteiger partial charge in [0, 0.05) is 23.7 Å². The highest BCUT2D eigenvalue weighted by Gasteiger charge is 2.28. The molecule has 2 aromatic carbocycles. The van der Waals surface area contributed by atoms with Crippen LogP contribution in [0.2, 0.25) is 5.02 Å². The van der Waals surface area contributed by atoms with Gasteiger partial charge in [-0.05, 0) is 54.8 Å². The number of amides is 1. The lowest BCUT2D eigenvalue weighted by Gasteiger charge is -2.24. The molecule has 2 aliphatic rings. The quantitative estimate of drug-likeness (QED) is 0.598. The van der Waals surface area contributed by atoms with Gasteiger partial charge in [-0.3, -0.25) is 19.3 Å². The van der Waals surface area contributed by atoms with Crippen LogP contribution in [-0.4, -0.2) is 45.9 Å². The summed E-state index contributed by atoms with van der Waals surface area (Å²) >= 11 is 5.99. The summed E-state index contributed by atoms with van der Waals surface area (Å²) in [5.41, 5.74) is 1.06. The molecule has 0 saturated carbocycles. The van der Waals surface area contributed by atoms with E-state index in [1.807, 2.05) is 0 Å². The maximum atomic E-state index is 12.5. The van der Waals surface area contributed by atoms with Gasteiger partial charge in [-0.2, -0.15) is 0 Å². The summed E-state index contributed by atoms with van der Waals surface area (Å²) in [6, 6.07) is 11.0. The summed E-state index contributed by atoms with van der Waals surface area (Å²) in [6.07, 6.45) is 1.78. The zero-order valence-electron chi connectivity index (χ0n) is 17.5. The van der Waals surface area contributed by atoms with E-state index in [0.29, 0.717) is 36.0 Å². The van der Waals surface area contributed by atoms with Crippen molar-refractivity contribution in [2.24, 2.45) is 10.9 Å². The first kappa shape index (κ1) is 23.1. The van der Waals surface area contributed by atoms with Crippen LogP contribution in [0.4, 0.5) is 5.69 Å². The third kappa shape index (κ3) is 5.82. The van der Waals surface area contributed by atoms with Crippen molar-refractivity contribution in [1.29, 1.82) is 0 Å². The number of halogens is 1. The fourth-order valence-electron chi connectivity index (χ4n) is 3.54. The van der Waals surface area contributed by atoms with Crippen LogP contribution in [0.25, 0.3) is 0 Å². The Morgan fingerprint density at radius 1 is 1.21 bits per heavy atom. The summed E-state index contributed by atoms with van der Waals surface area (Å²) in [7, 11) is -3.81. The van der Waals surface area contributed by atoms with Gasteiger partial charge in [0.05, 0.1) is 10.8 Å². The number of aliphatic imine (C=N–C) groups is 1. The molecule has 0 spiro atoms. The van der Waals surface area contributed by atoms with Crippen molar-refractivity contribution < 1.29 is 27.5 Å². The second-order valence-corrected chi connectivity index (χ2v) is 9.80. The third-order valence-corrected chi connectivity index (χ3v) is 6.78. The highest BCUT2D eigenvalue weighted by molar-refractivity contribution is 7.90. The predicted octanol–water partition coefficient (Wildman–Crippen LogP) is 2.54. The van der Waals surface area contributed by atoms with Gasteiger partial charge >= 0.3 is 5.97 Å². The number of benzene rings is 2. The van der Waals surface area contributed by atoms with Crippen LogP contribution in [-0.2, 0) is 30.8 Å². The number of amidine groups is 1. The minimum atomic E-state index is -3.81. The number of esters is 1. The summed E-state index contributed by atoms with van der Waals surface area (Å²) in [6.45, 7) is 0.233. The van der Waals surface area contributed by atoms with E-state index >= 15 is 0 Å². The number of nitrogens with one attached hydrogen (secondary N) is 2. The van der Waals surface area contributed by atoms with Gasteiger partial charge in [0.15, 0.2) is 6.61 Å². The number of fused-ring (bicyclic) bond motifs is 1. The Bertz CT molecular complexity index is 1210. The second kappa shape index (κ2) is 9.80. The minimum Gasteiger partial charge on any atom is -0.492 e. The molecule has 1 amide bonds. The Morgan fingerprint density at radius 2 is 2.06 bits per heavy atom. The van der Waals surface area contributed by atoms with E-state index in [0.717, 1.165) is 12.0 Å². The topological polar surface area (TPSA) is 123 Å². The Kier molecular flexibility index (Phi) is 6.85. The maximum Gasteiger partial charge on any atom is 0.313 e. The van der Waals surface area contributed by atoms with Crippen LogP contribution in [0.3, 0.4) is 0 Å². The van der Waals surface area contributed by atoms with Gasteiger partial charge < -0.3 is 14.8 Å². The number of rotatable bonds is 6. The van der Waals surface area contributed by atoms with E-state index in [-0.39, 0.29) is 17.2 Å². The van der Waals surface area contributed by atoms with E-state index in [1.165, 1.54) is 18.2 Å². The molecule has 1 atom stereocenters. The zero-order valence-corrected chi connectivity index (χ0v) is 19.1. The van der Waals surface area contributed by atoms with Gasteiger partial charge in [0.25, 0.3) is 15.9 Å². The molecule has 4 rings (SSSR count). The number of nitrogens with zero attached hydrogens (tertiary/aromatic N) is 1. The van der Waals surface area contributed by atoms with Gasteiger partial charge in [-0.1, -0.05) is 17.7 Å². The Morgan fingerprint density at radius 3 is 2.85 bits per heavy atom. The van der Waals surface area contributed by atoms with Crippen LogP contribution >= 0.6 is 11.6 Å². The summed E-state index contributed by atoms with van der Waals surface area (Å²) in [5.74, 6) is -0.611. The fourth-order valence-corrected chi connectivity index (χ4v) is 4.87. The second-order valence-electron chi connectivity index (χ2n) is 7.69. The Hall–Kier alpha value is -3.11. The lowest BCUT2D eigenvalue weighted by atomic mass is 9.97. The van der Waals surface area contributed by atoms with Crippen molar-refractivity contribution in [2.45, 2.75) is 24.2 Å². The smallest absolute Gasteiger partial charge is 0.313 e. The number of sulfonamides is 1. The molecule has 2 heterocycles. The molecular formula is C22H22ClN3O6S. The molecule has 0 aromatic heterocycles. The van der Waals surface area contributed by atoms with Crippen LogP contribution in [0.15, 0.2) is 52.4 Å². The van der Waals surface area contributed by atoms with Crippen molar-refractivity contribution in [1.82, 2.24) is 4.72 Å². The molecule has 0 saturated heterocycles. The number of anilines is 1. The molecule has 2 aromatic rings. The first-order valence-corrected chi connectivity index (χ1v) is 12.2. The molecule has 0 radical (unpaired) electrons. The largest absolute Gasteiger partial charge is 0.492 e. The van der Waals surface area contributed by atoms with Gasteiger partial charge in [0.1, 0.15) is 18.2 Å². The third-order valence-electron chi connectivity index (χ3n) is 5.16. The highest BCUT2D eigenvalue weighted by atomic mass is 35.5. The number of carbonyl (C=O) groups excluding carboxylic acids is 2. The van der Waals surface area contributed by atoms with E-state index in [1.54, 1.807) is 24.3 Å².